The van der Waals surface area contributed by atoms with Gasteiger partial charge in [0.2, 0.25) is 0 Å². The van der Waals surface area contributed by atoms with Crippen LogP contribution in [-0.4, -0.2) is 24.3 Å². The van der Waals surface area contributed by atoms with Crippen molar-refractivity contribution >= 4 is 22.9 Å². The third-order valence-electron chi connectivity index (χ3n) is 5.80. The summed E-state index contributed by atoms with van der Waals surface area (Å²) in [6.45, 7) is 3.41. The Morgan fingerprint density at radius 3 is 2.35 bits per heavy atom. The maximum absolute atomic E-state index is 13.5. The van der Waals surface area contributed by atoms with E-state index >= 15 is 0 Å². The van der Waals surface area contributed by atoms with Crippen molar-refractivity contribution in [2.75, 3.05) is 13.2 Å². The van der Waals surface area contributed by atoms with Crippen LogP contribution in [0.3, 0.4) is 0 Å². The smallest absolute Gasteiger partial charge is 0.416 e. The highest BCUT2D eigenvalue weighted by Gasteiger charge is 2.30. The number of thiophene rings is 1. The molecule has 0 aliphatic heterocycles. The number of hydrogen-bond acceptors (Lipinski definition) is 4. The largest absolute Gasteiger partial charge is 0.489 e. The summed E-state index contributed by atoms with van der Waals surface area (Å²) in [4.78, 5) is 12.9. The number of rotatable bonds is 8. The molecule has 0 radical (unpaired) electrons. The van der Waals surface area contributed by atoms with Gasteiger partial charge in [0.25, 0.3) is 0 Å². The molecule has 0 aliphatic rings. The minimum absolute atomic E-state index is 0.0830. The highest BCUT2D eigenvalue weighted by Crippen LogP contribution is 2.33. The average molecular weight is 563 g/mol. The van der Waals surface area contributed by atoms with Crippen LogP contribution in [0, 0.1) is 25.7 Å². The summed E-state index contributed by atoms with van der Waals surface area (Å²) in [7, 11) is 0. The van der Waals surface area contributed by atoms with Crippen molar-refractivity contribution in [1.29, 1.82) is 0 Å². The van der Waals surface area contributed by atoms with Gasteiger partial charge in [-0.15, -0.1) is 11.3 Å². The van der Waals surface area contributed by atoms with Gasteiger partial charge in [0.05, 0.1) is 10.4 Å². The zero-order valence-corrected chi connectivity index (χ0v) is 22.5. The van der Waals surface area contributed by atoms with Crippen LogP contribution in [0.15, 0.2) is 84.9 Å². The van der Waals surface area contributed by atoms with Crippen molar-refractivity contribution in [3.05, 3.63) is 123 Å². The van der Waals surface area contributed by atoms with Crippen LogP contribution in [0.25, 0.3) is 5.57 Å². The average Bonchev–Trinajstić information content (AvgIpc) is 3.34. The van der Waals surface area contributed by atoms with E-state index < -0.39 is 24.3 Å². The van der Waals surface area contributed by atoms with E-state index in [0.29, 0.717) is 33.8 Å². The standard InChI is InChI=1S/C32H25F3O4S/c1-21-18-27(12-15-30(21)39-20-31(36)37)38-17-16-29(25-4-3-5-26(19-25)32(33,34)35)24-10-7-23(8-11-24)9-14-28-13-6-22(2)40-28/h3-8,10-13,15-16,18-19H,17,20H2,1-2H3,(H,36,37)/b29-16+. The molecule has 0 saturated heterocycles. The first kappa shape index (κ1) is 28.5. The Kier molecular flexibility index (Phi) is 8.97. The molecule has 204 valence electrons. The Bertz CT molecular complexity index is 1590. The number of hydrogen-bond donors (Lipinski definition) is 1. The molecule has 0 amide bonds. The van der Waals surface area contributed by atoms with Crippen molar-refractivity contribution < 1.29 is 32.5 Å². The van der Waals surface area contributed by atoms with Gasteiger partial charge in [-0.3, -0.25) is 0 Å². The number of carboxylic acid groups (broad SMARTS) is 1. The Morgan fingerprint density at radius 2 is 1.70 bits per heavy atom. The molecule has 0 atom stereocenters. The lowest BCUT2D eigenvalue weighted by Crippen LogP contribution is -2.10. The summed E-state index contributed by atoms with van der Waals surface area (Å²) < 4.78 is 51.5. The molecule has 4 nitrogen and oxygen atoms in total. The molecule has 3 aromatic carbocycles. The second-order valence-electron chi connectivity index (χ2n) is 8.85. The van der Waals surface area contributed by atoms with Gasteiger partial charge in [-0.2, -0.15) is 13.2 Å². The molecule has 1 heterocycles. The van der Waals surface area contributed by atoms with Gasteiger partial charge < -0.3 is 14.6 Å². The lowest BCUT2D eigenvalue weighted by molar-refractivity contribution is -0.139. The third kappa shape index (κ3) is 7.78. The van der Waals surface area contributed by atoms with E-state index in [2.05, 4.69) is 11.8 Å². The topological polar surface area (TPSA) is 55.8 Å². The predicted octanol–water partition coefficient (Wildman–Crippen LogP) is 7.76. The lowest BCUT2D eigenvalue weighted by Gasteiger charge is -2.13. The number of carboxylic acids is 1. The van der Waals surface area contributed by atoms with Crippen LogP contribution in [0.2, 0.25) is 0 Å². The minimum atomic E-state index is -4.47. The zero-order chi connectivity index (χ0) is 28.7. The molecule has 0 unspecified atom stereocenters. The number of aliphatic carboxylic acids is 1. The van der Waals surface area contributed by atoms with Crippen molar-refractivity contribution in [1.82, 2.24) is 0 Å². The SMILES string of the molecule is Cc1ccc(C#Cc2ccc(/C(=C\COc3ccc(OCC(=O)O)c(C)c3)c3cccc(C(F)(F)F)c3)cc2)s1. The Morgan fingerprint density at radius 1 is 0.925 bits per heavy atom. The highest BCUT2D eigenvalue weighted by atomic mass is 32.1. The minimum Gasteiger partial charge on any atom is -0.489 e. The van der Waals surface area contributed by atoms with Gasteiger partial charge in [0.15, 0.2) is 6.61 Å². The Hall–Kier alpha value is -4.48. The third-order valence-corrected chi connectivity index (χ3v) is 6.72. The first-order valence-corrected chi connectivity index (χ1v) is 13.0. The number of ether oxygens (including phenoxy) is 2. The molecule has 0 fully saturated rings. The molecule has 0 saturated carbocycles. The second kappa shape index (κ2) is 12.6. The lowest BCUT2D eigenvalue weighted by atomic mass is 9.95. The molecule has 8 heteroatoms. The number of carbonyl (C=O) groups is 1. The zero-order valence-electron chi connectivity index (χ0n) is 21.7. The van der Waals surface area contributed by atoms with Crippen LogP contribution in [0.4, 0.5) is 13.2 Å². The maximum Gasteiger partial charge on any atom is 0.416 e. The first-order valence-electron chi connectivity index (χ1n) is 12.2. The molecule has 1 aromatic heterocycles. The summed E-state index contributed by atoms with van der Waals surface area (Å²) in [5, 5.41) is 8.80. The molecule has 1 N–H and O–H groups in total. The summed E-state index contributed by atoms with van der Waals surface area (Å²) in [6, 6.07) is 21.4. The fourth-order valence-corrected chi connectivity index (χ4v) is 4.59. The molecule has 4 aromatic rings. The van der Waals surface area contributed by atoms with E-state index in [1.54, 1.807) is 48.6 Å². The van der Waals surface area contributed by atoms with Crippen LogP contribution in [0.5, 0.6) is 11.5 Å². The van der Waals surface area contributed by atoms with Crippen molar-refractivity contribution in [3.63, 3.8) is 0 Å². The number of halogens is 3. The summed E-state index contributed by atoms with van der Waals surface area (Å²) >= 11 is 1.61. The number of aryl methyl sites for hydroxylation is 2. The Labute approximate surface area is 234 Å². The van der Waals surface area contributed by atoms with E-state index in [-0.39, 0.29) is 6.61 Å². The number of alkyl halides is 3. The quantitative estimate of drug-likeness (QED) is 0.223. The van der Waals surface area contributed by atoms with Crippen molar-refractivity contribution in [2.24, 2.45) is 0 Å². The van der Waals surface area contributed by atoms with E-state index in [1.807, 2.05) is 43.3 Å². The second-order valence-corrected chi connectivity index (χ2v) is 10.1. The van der Waals surface area contributed by atoms with Crippen LogP contribution >= 0.6 is 11.3 Å². The maximum atomic E-state index is 13.5. The van der Waals surface area contributed by atoms with Crippen LogP contribution in [0.1, 0.15) is 37.6 Å². The van der Waals surface area contributed by atoms with Gasteiger partial charge in [-0.1, -0.05) is 36.1 Å². The molecule has 0 spiro atoms. The van der Waals surface area contributed by atoms with E-state index in [4.69, 9.17) is 14.6 Å². The van der Waals surface area contributed by atoms with Gasteiger partial charge >= 0.3 is 12.1 Å². The molecule has 4 rings (SSSR count). The van der Waals surface area contributed by atoms with Crippen LogP contribution in [-0.2, 0) is 11.0 Å². The molecule has 40 heavy (non-hydrogen) atoms. The highest BCUT2D eigenvalue weighted by molar-refractivity contribution is 7.12. The molecule has 0 bridgehead atoms. The van der Waals surface area contributed by atoms with E-state index in [0.717, 1.165) is 22.6 Å². The fraction of sp³-hybridized carbons (Fsp3) is 0.156. The monoisotopic (exact) mass is 562 g/mol. The van der Waals surface area contributed by atoms with Crippen molar-refractivity contribution in [3.8, 4) is 23.3 Å². The van der Waals surface area contributed by atoms with Gasteiger partial charge in [0, 0.05) is 10.4 Å². The van der Waals surface area contributed by atoms with Gasteiger partial charge in [0.1, 0.15) is 18.1 Å². The summed E-state index contributed by atoms with van der Waals surface area (Å²) in [6.07, 6.45) is -2.74. The van der Waals surface area contributed by atoms with Crippen molar-refractivity contribution in [2.45, 2.75) is 20.0 Å². The Balaban J connectivity index is 1.59. The van der Waals surface area contributed by atoms with Crippen LogP contribution < -0.4 is 9.47 Å². The van der Waals surface area contributed by atoms with E-state index in [1.165, 1.54) is 10.9 Å². The summed E-state index contributed by atoms with van der Waals surface area (Å²) in [5.41, 5.74) is 2.44. The van der Waals surface area contributed by atoms with E-state index in [9.17, 15) is 18.0 Å². The summed E-state index contributed by atoms with van der Waals surface area (Å²) in [5.74, 6) is 6.11. The molecular weight excluding hydrogens is 537 g/mol. The first-order chi connectivity index (χ1) is 19.1. The molecular formula is C32H25F3O4S. The predicted molar refractivity (Wildman–Crippen MR) is 150 cm³/mol. The van der Waals surface area contributed by atoms with Gasteiger partial charge in [-0.25, -0.2) is 4.79 Å². The fourth-order valence-electron chi connectivity index (χ4n) is 3.87. The molecule has 0 aliphatic carbocycles. The number of benzene rings is 3. The van der Waals surface area contributed by atoms with Gasteiger partial charge in [-0.05, 0) is 96.8 Å². The normalized spacial score (nSPS) is 11.5.